The summed E-state index contributed by atoms with van der Waals surface area (Å²) in [5, 5.41) is 13.6. The van der Waals surface area contributed by atoms with Crippen molar-refractivity contribution in [1.29, 1.82) is 0 Å². The quantitative estimate of drug-likeness (QED) is 0.356. The molecule has 0 saturated heterocycles. The third-order valence-electron chi connectivity index (χ3n) is 1.96. The zero-order valence-electron chi connectivity index (χ0n) is 8.72. The topological polar surface area (TPSA) is 133 Å². The molecule has 16 heavy (non-hydrogen) atoms. The molecule has 8 nitrogen and oxygen atoms in total. The van der Waals surface area contributed by atoms with Crippen LogP contribution in [0.25, 0.3) is 0 Å². The zero-order valence-corrected chi connectivity index (χ0v) is 8.72. The summed E-state index contributed by atoms with van der Waals surface area (Å²) >= 11 is 0. The van der Waals surface area contributed by atoms with E-state index in [-0.39, 0.29) is 17.3 Å². The Balaban J connectivity index is 2.71. The van der Waals surface area contributed by atoms with E-state index in [0.717, 1.165) is 12.8 Å². The normalized spacial score (nSPS) is 10.1. The summed E-state index contributed by atoms with van der Waals surface area (Å²) in [7, 11) is 0. The van der Waals surface area contributed by atoms with Gasteiger partial charge >= 0.3 is 5.69 Å². The Morgan fingerprint density at radius 3 is 2.81 bits per heavy atom. The van der Waals surface area contributed by atoms with Crippen molar-refractivity contribution < 1.29 is 4.92 Å². The van der Waals surface area contributed by atoms with Gasteiger partial charge in [0.05, 0.1) is 4.92 Å². The monoisotopic (exact) mass is 226 g/mol. The van der Waals surface area contributed by atoms with Gasteiger partial charge in [-0.1, -0.05) is 0 Å². The van der Waals surface area contributed by atoms with Crippen molar-refractivity contribution in [2.75, 3.05) is 24.1 Å². The van der Waals surface area contributed by atoms with Crippen molar-refractivity contribution in [2.45, 2.75) is 12.8 Å². The molecule has 0 aromatic carbocycles. The number of unbranched alkanes of at least 4 members (excludes halogenated alkanes) is 1. The van der Waals surface area contributed by atoms with E-state index in [2.05, 4.69) is 15.3 Å². The third kappa shape index (κ3) is 3.02. The first-order chi connectivity index (χ1) is 7.66. The lowest BCUT2D eigenvalue weighted by molar-refractivity contribution is -0.383. The minimum atomic E-state index is -0.597. The average molecular weight is 226 g/mol. The van der Waals surface area contributed by atoms with Gasteiger partial charge < -0.3 is 16.8 Å². The highest BCUT2D eigenvalue weighted by Crippen LogP contribution is 2.25. The highest BCUT2D eigenvalue weighted by atomic mass is 16.6. The second-order valence-corrected chi connectivity index (χ2v) is 3.14. The number of aromatic nitrogens is 2. The fourth-order valence-electron chi connectivity index (χ4n) is 1.18. The van der Waals surface area contributed by atoms with Crippen molar-refractivity contribution in [3.05, 3.63) is 16.4 Å². The average Bonchev–Trinajstić information content (AvgIpc) is 2.24. The van der Waals surface area contributed by atoms with Gasteiger partial charge in [0, 0.05) is 6.54 Å². The van der Waals surface area contributed by atoms with Gasteiger partial charge in [-0.3, -0.25) is 10.1 Å². The van der Waals surface area contributed by atoms with E-state index in [4.69, 9.17) is 11.5 Å². The number of nitrogens with one attached hydrogen (secondary N) is 1. The number of anilines is 2. The lowest BCUT2D eigenvalue weighted by atomic mass is 10.3. The zero-order chi connectivity index (χ0) is 12.0. The van der Waals surface area contributed by atoms with Crippen LogP contribution in [0.4, 0.5) is 17.3 Å². The Bertz CT molecular complexity index is 370. The first kappa shape index (κ1) is 12.1. The molecule has 8 heteroatoms. The van der Waals surface area contributed by atoms with Crippen molar-refractivity contribution in [1.82, 2.24) is 9.97 Å². The van der Waals surface area contributed by atoms with E-state index in [1.54, 1.807) is 0 Å². The maximum Gasteiger partial charge on any atom is 0.352 e. The predicted octanol–water partition coefficient (Wildman–Crippen LogP) is 0.118. The molecule has 0 fully saturated rings. The van der Waals surface area contributed by atoms with Crippen LogP contribution in [0.1, 0.15) is 12.8 Å². The number of nitro groups is 1. The molecule has 0 aliphatic rings. The number of nitrogens with zero attached hydrogens (tertiary/aromatic N) is 3. The molecule has 5 N–H and O–H groups in total. The SMILES string of the molecule is NCCCCNc1ncnc(N)c1[N+](=O)[O-]. The Hall–Kier alpha value is -1.96. The highest BCUT2D eigenvalue weighted by molar-refractivity contribution is 5.67. The van der Waals surface area contributed by atoms with E-state index in [1.165, 1.54) is 6.33 Å². The van der Waals surface area contributed by atoms with Crippen LogP contribution >= 0.6 is 0 Å². The fraction of sp³-hybridized carbons (Fsp3) is 0.500. The molecule has 1 aromatic rings. The molecule has 0 unspecified atom stereocenters. The predicted molar refractivity (Wildman–Crippen MR) is 59.9 cm³/mol. The summed E-state index contributed by atoms with van der Waals surface area (Å²) in [4.78, 5) is 17.5. The summed E-state index contributed by atoms with van der Waals surface area (Å²) in [5.41, 5.74) is 10.4. The molecule has 0 amide bonds. The highest BCUT2D eigenvalue weighted by Gasteiger charge is 2.20. The summed E-state index contributed by atoms with van der Waals surface area (Å²) in [6, 6.07) is 0. The molecule has 0 atom stereocenters. The lowest BCUT2D eigenvalue weighted by Gasteiger charge is -2.05. The number of rotatable bonds is 6. The number of hydrogen-bond donors (Lipinski definition) is 3. The summed E-state index contributed by atoms with van der Waals surface area (Å²) in [6.45, 7) is 1.16. The Morgan fingerprint density at radius 1 is 1.44 bits per heavy atom. The summed E-state index contributed by atoms with van der Waals surface area (Å²) in [6.07, 6.45) is 2.85. The third-order valence-corrected chi connectivity index (χ3v) is 1.96. The minimum absolute atomic E-state index is 0.138. The van der Waals surface area contributed by atoms with Gasteiger partial charge in [-0.05, 0) is 19.4 Å². The standard InChI is InChI=1S/C8H14N6O2/c9-3-1-2-4-11-8-6(14(15)16)7(10)12-5-13-8/h5H,1-4,9H2,(H3,10,11,12,13). The van der Waals surface area contributed by atoms with Gasteiger partial charge in [0.1, 0.15) is 6.33 Å². The summed E-state index contributed by atoms with van der Waals surface area (Å²) in [5.74, 6) is 0.0100. The minimum Gasteiger partial charge on any atom is -0.378 e. The molecule has 1 aromatic heterocycles. The van der Waals surface area contributed by atoms with E-state index >= 15 is 0 Å². The Morgan fingerprint density at radius 2 is 2.19 bits per heavy atom. The Labute approximate surface area is 92.2 Å². The van der Waals surface area contributed by atoms with Crippen LogP contribution < -0.4 is 16.8 Å². The van der Waals surface area contributed by atoms with E-state index < -0.39 is 4.92 Å². The van der Waals surface area contributed by atoms with Crippen LogP contribution in [0.15, 0.2) is 6.33 Å². The smallest absolute Gasteiger partial charge is 0.352 e. The molecule has 0 radical (unpaired) electrons. The molecular formula is C8H14N6O2. The molecule has 0 aliphatic heterocycles. The molecule has 0 aliphatic carbocycles. The van der Waals surface area contributed by atoms with Gasteiger partial charge in [-0.2, -0.15) is 0 Å². The van der Waals surface area contributed by atoms with Crippen molar-refractivity contribution in [3.63, 3.8) is 0 Å². The van der Waals surface area contributed by atoms with Gasteiger partial charge in [0.15, 0.2) is 0 Å². The van der Waals surface area contributed by atoms with E-state index in [0.29, 0.717) is 13.1 Å². The molecular weight excluding hydrogens is 212 g/mol. The van der Waals surface area contributed by atoms with Crippen LogP contribution in [0.3, 0.4) is 0 Å². The fourth-order valence-corrected chi connectivity index (χ4v) is 1.18. The first-order valence-electron chi connectivity index (χ1n) is 4.85. The lowest BCUT2D eigenvalue weighted by Crippen LogP contribution is -2.10. The van der Waals surface area contributed by atoms with Crippen LogP contribution in [0.2, 0.25) is 0 Å². The van der Waals surface area contributed by atoms with E-state index in [1.807, 2.05) is 0 Å². The second kappa shape index (κ2) is 5.81. The van der Waals surface area contributed by atoms with Gasteiger partial charge in [-0.25, -0.2) is 9.97 Å². The van der Waals surface area contributed by atoms with Crippen LogP contribution in [0, 0.1) is 10.1 Å². The van der Waals surface area contributed by atoms with Crippen LogP contribution in [0.5, 0.6) is 0 Å². The van der Waals surface area contributed by atoms with E-state index in [9.17, 15) is 10.1 Å². The van der Waals surface area contributed by atoms with Crippen molar-refractivity contribution in [3.8, 4) is 0 Å². The second-order valence-electron chi connectivity index (χ2n) is 3.14. The van der Waals surface area contributed by atoms with Crippen molar-refractivity contribution >= 4 is 17.3 Å². The number of nitrogens with two attached hydrogens (primary N) is 2. The van der Waals surface area contributed by atoms with Crippen LogP contribution in [-0.4, -0.2) is 28.0 Å². The van der Waals surface area contributed by atoms with Crippen molar-refractivity contribution in [2.24, 2.45) is 5.73 Å². The molecule has 1 rings (SSSR count). The number of hydrogen-bond acceptors (Lipinski definition) is 7. The van der Waals surface area contributed by atoms with Gasteiger partial charge in [0.25, 0.3) is 0 Å². The maximum absolute atomic E-state index is 10.7. The summed E-state index contributed by atoms with van der Waals surface area (Å²) < 4.78 is 0. The van der Waals surface area contributed by atoms with Gasteiger partial charge in [-0.15, -0.1) is 0 Å². The largest absolute Gasteiger partial charge is 0.378 e. The Kier molecular flexibility index (Phi) is 4.40. The van der Waals surface area contributed by atoms with Gasteiger partial charge in [0.2, 0.25) is 11.6 Å². The maximum atomic E-state index is 10.7. The number of nitrogen functional groups attached to an aromatic ring is 1. The molecule has 0 saturated carbocycles. The van der Waals surface area contributed by atoms with Crippen LogP contribution in [-0.2, 0) is 0 Å². The molecule has 0 bridgehead atoms. The molecule has 88 valence electrons. The first-order valence-corrected chi connectivity index (χ1v) is 4.85. The molecule has 0 spiro atoms. The molecule has 1 heterocycles.